The number of carboxylic acid groups (broad SMARTS) is 1. The van der Waals surface area contributed by atoms with E-state index >= 15 is 0 Å². The highest BCUT2D eigenvalue weighted by Gasteiger charge is 2.71. The number of carboxylic acids is 1. The summed E-state index contributed by atoms with van der Waals surface area (Å²) in [6.07, 6.45) is 20.6. The molecule has 1 aliphatic heterocycles. The van der Waals surface area contributed by atoms with Crippen molar-refractivity contribution in [1.82, 2.24) is 15.1 Å². The first-order chi connectivity index (χ1) is 26.6. The molecule has 0 spiro atoms. The molecule has 0 bridgehead atoms. The number of allylic oxidation sites excluding steroid dienone is 1. The molecule has 0 aromatic rings. The molecular weight excluding hydrogens is 697 g/mol. The van der Waals surface area contributed by atoms with Crippen molar-refractivity contribution in [3.8, 4) is 0 Å². The number of amides is 1. The van der Waals surface area contributed by atoms with Crippen LogP contribution in [0.25, 0.3) is 0 Å². The standard InChI is InChI=1S/C48H82N4O4/c1-35(2)36-20-25-48(43(55)49-28-16-14-12-10-9-11-13-15-17-41(53)54)27-26-46(6)37(42(36)48)18-19-39-45(5)23-22-40(44(3,4)38(45)21-24-47(39,46)7)50-56-34-33-52-31-29-51(8)30-32-52/h36-39,42H,1,9-34H2,2-8H3,(H,49,55)(H,53,54)/t36-,37+,38-,39?,42+,45-,46+,47+,48-/m0/s1. The molecule has 56 heavy (non-hydrogen) atoms. The molecule has 318 valence electrons. The van der Waals surface area contributed by atoms with Crippen LogP contribution >= 0.6 is 0 Å². The van der Waals surface area contributed by atoms with Gasteiger partial charge in [-0.05, 0) is 137 Å². The van der Waals surface area contributed by atoms with Crippen molar-refractivity contribution in [2.45, 2.75) is 164 Å². The van der Waals surface area contributed by atoms with Gasteiger partial charge in [-0.2, -0.15) is 0 Å². The molecule has 2 N–H and O–H groups in total. The Morgan fingerprint density at radius 3 is 2.18 bits per heavy atom. The van der Waals surface area contributed by atoms with Crippen LogP contribution < -0.4 is 5.32 Å². The molecule has 0 aromatic heterocycles. The van der Waals surface area contributed by atoms with Gasteiger partial charge in [-0.15, -0.1) is 0 Å². The van der Waals surface area contributed by atoms with E-state index in [-0.39, 0.29) is 27.1 Å². The molecule has 1 unspecified atom stereocenters. The maximum atomic E-state index is 14.5. The Balaban J connectivity index is 1.08. The Bertz CT molecular complexity index is 1420. The van der Waals surface area contributed by atoms with Crippen LogP contribution in [0.5, 0.6) is 0 Å². The van der Waals surface area contributed by atoms with E-state index in [1.807, 2.05) is 0 Å². The van der Waals surface area contributed by atoms with Crippen LogP contribution in [0.15, 0.2) is 17.3 Å². The number of rotatable bonds is 17. The van der Waals surface area contributed by atoms with E-state index in [2.05, 4.69) is 70.3 Å². The fraction of sp³-hybridized carbons (Fsp3) is 0.896. The molecule has 8 heteroatoms. The van der Waals surface area contributed by atoms with E-state index in [9.17, 15) is 9.59 Å². The maximum absolute atomic E-state index is 14.5. The molecule has 1 heterocycles. The molecule has 9 atom stereocenters. The van der Waals surface area contributed by atoms with Crippen molar-refractivity contribution >= 4 is 17.6 Å². The topological polar surface area (TPSA) is 94.5 Å². The number of hydrogen-bond acceptors (Lipinski definition) is 6. The molecule has 1 amide bonds. The summed E-state index contributed by atoms with van der Waals surface area (Å²) in [5.41, 5.74) is 3.11. The van der Waals surface area contributed by atoms with Crippen LogP contribution in [0.4, 0.5) is 0 Å². The fourth-order valence-corrected chi connectivity index (χ4v) is 14.7. The molecular formula is C48H82N4O4. The van der Waals surface area contributed by atoms with Crippen molar-refractivity contribution in [2.75, 3.05) is 52.9 Å². The highest BCUT2D eigenvalue weighted by Crippen LogP contribution is 2.77. The minimum atomic E-state index is -0.686. The lowest BCUT2D eigenvalue weighted by Gasteiger charge is -2.72. The Kier molecular flexibility index (Phi) is 13.8. The fourth-order valence-electron chi connectivity index (χ4n) is 14.7. The van der Waals surface area contributed by atoms with Crippen LogP contribution in [0.3, 0.4) is 0 Å². The number of piperazine rings is 1. The van der Waals surface area contributed by atoms with Crippen molar-refractivity contribution in [3.63, 3.8) is 0 Å². The average molecular weight is 779 g/mol. The summed E-state index contributed by atoms with van der Waals surface area (Å²) >= 11 is 0. The number of nitrogens with one attached hydrogen (secondary N) is 1. The van der Waals surface area contributed by atoms with Gasteiger partial charge in [0.2, 0.25) is 5.91 Å². The summed E-state index contributed by atoms with van der Waals surface area (Å²) in [7, 11) is 2.21. The number of hydrogen-bond donors (Lipinski definition) is 2. The zero-order chi connectivity index (χ0) is 40.4. The first-order valence-corrected chi connectivity index (χ1v) is 23.4. The predicted molar refractivity (Wildman–Crippen MR) is 228 cm³/mol. The van der Waals surface area contributed by atoms with Gasteiger partial charge in [0.15, 0.2) is 0 Å². The molecule has 6 fully saturated rings. The highest BCUT2D eigenvalue weighted by atomic mass is 16.6. The molecule has 6 aliphatic rings. The number of oxime groups is 1. The van der Waals surface area contributed by atoms with Gasteiger partial charge in [-0.25, -0.2) is 0 Å². The number of carbonyl (C=O) groups excluding carboxylic acids is 1. The van der Waals surface area contributed by atoms with Crippen LogP contribution in [0, 0.1) is 56.7 Å². The van der Waals surface area contributed by atoms with E-state index in [0.29, 0.717) is 48.5 Å². The van der Waals surface area contributed by atoms with Gasteiger partial charge in [0.1, 0.15) is 6.61 Å². The highest BCUT2D eigenvalue weighted by molar-refractivity contribution is 5.90. The van der Waals surface area contributed by atoms with Crippen LogP contribution in [-0.2, 0) is 14.4 Å². The van der Waals surface area contributed by atoms with Crippen molar-refractivity contribution in [3.05, 3.63) is 12.2 Å². The van der Waals surface area contributed by atoms with E-state index < -0.39 is 5.97 Å². The maximum Gasteiger partial charge on any atom is 0.303 e. The smallest absolute Gasteiger partial charge is 0.303 e. The molecule has 0 radical (unpaired) electrons. The minimum absolute atomic E-state index is 0.0273. The number of carbonyl (C=O) groups is 2. The second-order valence-electron chi connectivity index (χ2n) is 21.3. The lowest BCUT2D eigenvalue weighted by atomic mass is 9.32. The van der Waals surface area contributed by atoms with Gasteiger partial charge in [0.25, 0.3) is 0 Å². The summed E-state index contributed by atoms with van der Waals surface area (Å²) in [5.74, 6) is 2.35. The van der Waals surface area contributed by atoms with E-state index in [4.69, 9.17) is 15.1 Å². The first kappa shape index (κ1) is 43.6. The zero-order valence-electron chi connectivity index (χ0n) is 37.0. The minimum Gasteiger partial charge on any atom is -0.481 e. The van der Waals surface area contributed by atoms with Crippen LogP contribution in [0.1, 0.15) is 164 Å². The van der Waals surface area contributed by atoms with Crippen LogP contribution in [-0.4, -0.2) is 85.4 Å². The van der Waals surface area contributed by atoms with Gasteiger partial charge in [-0.1, -0.05) is 90.5 Å². The summed E-state index contributed by atoms with van der Waals surface area (Å²) in [6.45, 7) is 26.8. The second-order valence-corrected chi connectivity index (χ2v) is 21.3. The summed E-state index contributed by atoms with van der Waals surface area (Å²) in [5, 5.41) is 17.3. The Morgan fingerprint density at radius 2 is 1.50 bits per heavy atom. The van der Waals surface area contributed by atoms with Gasteiger partial charge < -0.3 is 20.2 Å². The molecule has 6 rings (SSSR count). The number of likely N-dealkylation sites (N-methyl/N-ethyl adjacent to an activating group) is 1. The van der Waals surface area contributed by atoms with E-state index in [1.54, 1.807) is 0 Å². The Hall–Kier alpha value is -1.93. The summed E-state index contributed by atoms with van der Waals surface area (Å²) in [4.78, 5) is 36.3. The number of nitrogens with zero attached hydrogens (tertiary/aromatic N) is 3. The monoisotopic (exact) mass is 779 g/mol. The second kappa shape index (κ2) is 17.7. The largest absolute Gasteiger partial charge is 0.481 e. The summed E-state index contributed by atoms with van der Waals surface area (Å²) < 4.78 is 0. The lowest BCUT2D eigenvalue weighted by Crippen LogP contribution is -2.67. The molecule has 1 saturated heterocycles. The molecule has 5 saturated carbocycles. The summed E-state index contributed by atoms with van der Waals surface area (Å²) in [6, 6.07) is 0. The SMILES string of the molecule is C=C(C)[C@@H]1CC[C@]2(C(=O)NCCCCCCCCCCC(=O)O)CC[C@]3(C)[C@H](CCC4[C@@]5(C)CCC(=NOCCN6CCN(C)CC6)C(C)(C)[C@@H]5CC[C@]43C)[C@@H]12. The number of fused-ring (bicyclic) bond motifs is 7. The third kappa shape index (κ3) is 8.28. The predicted octanol–water partition coefficient (Wildman–Crippen LogP) is 9.98. The zero-order valence-corrected chi connectivity index (χ0v) is 37.0. The normalized spacial score (nSPS) is 38.9. The molecule has 5 aliphatic carbocycles. The van der Waals surface area contributed by atoms with Gasteiger partial charge >= 0.3 is 5.97 Å². The number of unbranched alkanes of at least 4 members (excludes halogenated alkanes) is 7. The average Bonchev–Trinajstić information content (AvgIpc) is 3.55. The van der Waals surface area contributed by atoms with Crippen molar-refractivity contribution in [2.24, 2.45) is 61.8 Å². The van der Waals surface area contributed by atoms with E-state index in [1.165, 1.54) is 69.1 Å². The van der Waals surface area contributed by atoms with Crippen molar-refractivity contribution < 1.29 is 19.5 Å². The Labute approximate surface area is 341 Å². The van der Waals surface area contributed by atoms with Crippen LogP contribution in [0.2, 0.25) is 0 Å². The third-order valence-corrected chi connectivity index (χ3v) is 18.2. The molecule has 8 nitrogen and oxygen atoms in total. The lowest BCUT2D eigenvalue weighted by molar-refractivity contribution is -0.227. The molecule has 0 aromatic carbocycles. The first-order valence-electron chi connectivity index (χ1n) is 23.4. The van der Waals surface area contributed by atoms with E-state index in [0.717, 1.165) is 97.1 Å². The van der Waals surface area contributed by atoms with Gasteiger partial charge in [-0.3, -0.25) is 14.5 Å². The Morgan fingerprint density at radius 1 is 0.821 bits per heavy atom. The van der Waals surface area contributed by atoms with Crippen molar-refractivity contribution in [1.29, 1.82) is 0 Å². The van der Waals surface area contributed by atoms with Gasteiger partial charge in [0.05, 0.1) is 11.1 Å². The third-order valence-electron chi connectivity index (χ3n) is 18.2. The number of aliphatic carboxylic acids is 1. The quantitative estimate of drug-likeness (QED) is 0.0868. The van der Waals surface area contributed by atoms with Gasteiger partial charge in [0, 0.05) is 51.1 Å².